The maximum atomic E-state index is 5.54. The van der Waals surface area contributed by atoms with Gasteiger partial charge in [0.1, 0.15) is 11.5 Å². The Morgan fingerprint density at radius 2 is 1.81 bits per heavy atom. The average Bonchev–Trinajstić information content (AvgIpc) is 3.08. The van der Waals surface area contributed by atoms with Crippen LogP contribution in [-0.2, 0) is 11.2 Å². The molecular formula is C28H36N2O2. The van der Waals surface area contributed by atoms with Gasteiger partial charge >= 0.3 is 0 Å². The first kappa shape index (κ1) is 23.7. The summed E-state index contributed by atoms with van der Waals surface area (Å²) < 4.78 is 10.8. The van der Waals surface area contributed by atoms with Crippen molar-refractivity contribution < 1.29 is 9.47 Å². The normalized spacial score (nSPS) is 14.9. The predicted molar refractivity (Wildman–Crippen MR) is 135 cm³/mol. The summed E-state index contributed by atoms with van der Waals surface area (Å²) in [4.78, 5) is 2.32. The highest BCUT2D eigenvalue weighted by Gasteiger charge is 2.16. The zero-order chi connectivity index (χ0) is 22.9. The maximum absolute atomic E-state index is 5.54. The lowest BCUT2D eigenvalue weighted by Crippen LogP contribution is -2.15. The van der Waals surface area contributed by atoms with E-state index in [4.69, 9.17) is 9.47 Å². The second-order valence-corrected chi connectivity index (χ2v) is 8.14. The number of nitrogens with zero attached hydrogens (tertiary/aromatic N) is 1. The molecule has 0 fully saturated rings. The Morgan fingerprint density at radius 3 is 2.47 bits per heavy atom. The van der Waals surface area contributed by atoms with E-state index in [1.807, 2.05) is 12.1 Å². The van der Waals surface area contributed by atoms with Crippen molar-refractivity contribution in [1.29, 1.82) is 0 Å². The van der Waals surface area contributed by atoms with E-state index in [-0.39, 0.29) is 0 Å². The highest BCUT2D eigenvalue weighted by Crippen LogP contribution is 2.29. The van der Waals surface area contributed by atoms with Gasteiger partial charge in [0.05, 0.1) is 14.2 Å². The highest BCUT2D eigenvalue weighted by atomic mass is 16.5. The average molecular weight is 433 g/mol. The molecule has 1 aliphatic heterocycles. The van der Waals surface area contributed by atoms with Crippen LogP contribution in [0.4, 0.5) is 5.69 Å². The molecule has 170 valence electrons. The Labute approximate surface area is 193 Å². The van der Waals surface area contributed by atoms with Gasteiger partial charge in [-0.2, -0.15) is 0 Å². The molecule has 0 atom stereocenters. The number of hydrogen-bond acceptors (Lipinski definition) is 4. The van der Waals surface area contributed by atoms with E-state index in [1.165, 1.54) is 35.4 Å². The second-order valence-electron chi connectivity index (χ2n) is 8.14. The third-order valence-electron chi connectivity index (χ3n) is 5.98. The second kappa shape index (κ2) is 11.6. The molecule has 0 aromatic heterocycles. The van der Waals surface area contributed by atoms with Crippen LogP contribution in [0.25, 0.3) is 5.57 Å². The van der Waals surface area contributed by atoms with Crippen LogP contribution in [0.3, 0.4) is 0 Å². The first-order chi connectivity index (χ1) is 15.6. The number of rotatable bonds is 6. The minimum absolute atomic E-state index is 0.860. The van der Waals surface area contributed by atoms with Crippen LogP contribution >= 0.6 is 0 Å². The molecule has 0 saturated heterocycles. The summed E-state index contributed by atoms with van der Waals surface area (Å²) in [5.41, 5.74) is 7.99. The molecule has 2 aliphatic rings. The molecule has 0 radical (unpaired) electrons. The smallest absolute Gasteiger partial charge is 0.126 e. The van der Waals surface area contributed by atoms with Gasteiger partial charge in [-0.1, -0.05) is 42.8 Å². The van der Waals surface area contributed by atoms with Crippen LogP contribution in [0.1, 0.15) is 30.0 Å². The van der Waals surface area contributed by atoms with Crippen molar-refractivity contribution in [1.82, 2.24) is 5.32 Å². The van der Waals surface area contributed by atoms with Gasteiger partial charge in [0.15, 0.2) is 0 Å². The lowest BCUT2D eigenvalue weighted by molar-refractivity contribution is 0.309. The number of ether oxygens (including phenoxy) is 2. The molecule has 4 heteroatoms. The van der Waals surface area contributed by atoms with Crippen LogP contribution < -0.4 is 15.0 Å². The molecule has 0 amide bonds. The van der Waals surface area contributed by atoms with Gasteiger partial charge in [0.2, 0.25) is 0 Å². The van der Waals surface area contributed by atoms with E-state index >= 15 is 0 Å². The monoisotopic (exact) mass is 432 g/mol. The summed E-state index contributed by atoms with van der Waals surface area (Å²) in [5.74, 6) is 1.76. The molecule has 0 spiro atoms. The van der Waals surface area contributed by atoms with E-state index in [9.17, 15) is 0 Å². The molecule has 4 nitrogen and oxygen atoms in total. The van der Waals surface area contributed by atoms with Crippen LogP contribution in [0.2, 0.25) is 0 Å². The van der Waals surface area contributed by atoms with Gasteiger partial charge in [0.25, 0.3) is 0 Å². The van der Waals surface area contributed by atoms with Crippen LogP contribution in [-0.4, -0.2) is 40.9 Å². The van der Waals surface area contributed by atoms with Gasteiger partial charge in [-0.05, 0) is 73.4 Å². The van der Waals surface area contributed by atoms with Crippen molar-refractivity contribution in [2.24, 2.45) is 0 Å². The fourth-order valence-corrected chi connectivity index (χ4v) is 4.09. The Balaban J connectivity index is 0.000000219. The standard InChI is InChI=1S/C18H23NO2.C10H13N/c1-4-19-13-14-6-5-7-18(21-3)17(12-14)15-8-10-16(20-2)11-9-15;1-8-4-3-5-10-9(8)6-7-11(10)2/h5,7-12,19H,4,6,13H2,1-3H3;3-5H,6-7H2,1-2H3. The third-order valence-corrected chi connectivity index (χ3v) is 5.98. The number of fused-ring (bicyclic) bond motifs is 1. The fraction of sp³-hybridized carbons (Fsp3) is 0.357. The molecule has 2 aromatic rings. The number of nitrogens with one attached hydrogen (secondary N) is 1. The molecule has 0 unspecified atom stereocenters. The Bertz CT molecular complexity index is 987. The quantitative estimate of drug-likeness (QED) is 0.650. The number of allylic oxidation sites excluding steroid dienone is 4. The lowest BCUT2D eigenvalue weighted by atomic mass is 10.0. The van der Waals surface area contributed by atoms with E-state index in [0.29, 0.717) is 0 Å². The molecule has 1 heterocycles. The predicted octanol–water partition coefficient (Wildman–Crippen LogP) is 5.54. The molecule has 4 rings (SSSR count). The number of aryl methyl sites for hydroxylation is 1. The van der Waals surface area contributed by atoms with E-state index in [0.717, 1.165) is 42.2 Å². The van der Waals surface area contributed by atoms with Crippen molar-refractivity contribution in [3.63, 3.8) is 0 Å². The highest BCUT2D eigenvalue weighted by molar-refractivity contribution is 5.79. The largest absolute Gasteiger partial charge is 0.497 e. The molecule has 0 bridgehead atoms. The van der Waals surface area contributed by atoms with Crippen molar-refractivity contribution in [3.8, 4) is 5.75 Å². The maximum Gasteiger partial charge on any atom is 0.126 e. The summed E-state index contributed by atoms with van der Waals surface area (Å²) in [6.45, 7) is 7.36. The Kier molecular flexibility index (Phi) is 8.57. The van der Waals surface area contributed by atoms with Gasteiger partial charge in [-0.25, -0.2) is 0 Å². The Morgan fingerprint density at radius 1 is 1.03 bits per heavy atom. The molecule has 2 aromatic carbocycles. The number of methoxy groups -OCH3 is 2. The summed E-state index contributed by atoms with van der Waals surface area (Å²) in [5, 5.41) is 3.38. The van der Waals surface area contributed by atoms with E-state index in [2.05, 4.69) is 79.7 Å². The van der Waals surface area contributed by atoms with E-state index in [1.54, 1.807) is 14.2 Å². The number of benzene rings is 2. The minimum Gasteiger partial charge on any atom is -0.497 e. The fourth-order valence-electron chi connectivity index (χ4n) is 4.09. The summed E-state index contributed by atoms with van der Waals surface area (Å²) >= 11 is 0. The Hall–Kier alpha value is -2.98. The van der Waals surface area contributed by atoms with Gasteiger partial charge in [0, 0.05) is 31.4 Å². The molecule has 1 N–H and O–H groups in total. The SMILES string of the molecule is CCNCC1=CC(c2ccc(OC)cc2)=C(OC)C=CC1.Cc1cccc2c1CCN2C. The lowest BCUT2D eigenvalue weighted by Gasteiger charge is -2.11. The molecule has 1 aliphatic carbocycles. The summed E-state index contributed by atoms with van der Waals surface area (Å²) in [7, 11) is 5.55. The van der Waals surface area contributed by atoms with Crippen LogP contribution in [0.5, 0.6) is 5.75 Å². The summed E-state index contributed by atoms with van der Waals surface area (Å²) in [6, 6.07) is 14.6. The van der Waals surface area contributed by atoms with Crippen molar-refractivity contribution >= 4 is 11.3 Å². The zero-order valence-electron chi connectivity index (χ0n) is 20.1. The topological polar surface area (TPSA) is 33.7 Å². The van der Waals surface area contributed by atoms with Crippen molar-refractivity contribution in [2.75, 3.05) is 45.8 Å². The molecular weight excluding hydrogens is 396 g/mol. The number of likely N-dealkylation sites (N-methyl/N-ethyl adjacent to an activating group) is 2. The first-order valence-corrected chi connectivity index (χ1v) is 11.4. The van der Waals surface area contributed by atoms with Crippen molar-refractivity contribution in [2.45, 2.75) is 26.7 Å². The summed E-state index contributed by atoms with van der Waals surface area (Å²) in [6.07, 6.45) is 8.59. The molecule has 32 heavy (non-hydrogen) atoms. The van der Waals surface area contributed by atoms with Crippen LogP contribution in [0.15, 0.2) is 72.0 Å². The molecule has 0 saturated carbocycles. The first-order valence-electron chi connectivity index (χ1n) is 11.4. The van der Waals surface area contributed by atoms with E-state index < -0.39 is 0 Å². The van der Waals surface area contributed by atoms with Gasteiger partial charge < -0.3 is 19.7 Å². The van der Waals surface area contributed by atoms with Crippen molar-refractivity contribution in [3.05, 3.63) is 88.7 Å². The van der Waals surface area contributed by atoms with Gasteiger partial charge in [-0.15, -0.1) is 0 Å². The third kappa shape index (κ3) is 5.83. The van der Waals surface area contributed by atoms with Gasteiger partial charge in [-0.3, -0.25) is 0 Å². The zero-order valence-corrected chi connectivity index (χ0v) is 20.1. The number of anilines is 1. The van der Waals surface area contributed by atoms with Crippen LogP contribution in [0, 0.1) is 6.92 Å². The minimum atomic E-state index is 0.860. The number of hydrogen-bond donors (Lipinski definition) is 1.